The zero-order chi connectivity index (χ0) is 37.6. The number of carboxylic acid groups (broad SMARTS) is 1. The standard InChI is InChI=1S/C44H66N2O5/c1-27(2)28-17-22-44(36(48)46-40(7,8)32-14-12-13-25-45-32)24-23-42(10)29(35(28)44)15-16-31-41(9)20-19-33(51-34(47)26-38(3,4)37(49)50)39(5,6)30(41)18-21-43(31,42)11/h12-14,25,28-31,33,35H,1,15-24,26H2,2-11H3,(H,46,48)(H,49,50)/t28?,29?,30?,31?,33-,35?,41-,42+,43+,44-/m0/s1. The molecule has 0 radical (unpaired) electrons. The van der Waals surface area contributed by atoms with Gasteiger partial charge in [0.05, 0.1) is 28.5 Å². The van der Waals surface area contributed by atoms with Gasteiger partial charge in [0.15, 0.2) is 0 Å². The number of nitrogens with zero attached hydrogens (tertiary/aromatic N) is 1. The molecule has 6 rings (SSSR count). The summed E-state index contributed by atoms with van der Waals surface area (Å²) < 4.78 is 6.18. The van der Waals surface area contributed by atoms with Crippen molar-refractivity contribution < 1.29 is 24.2 Å². The van der Waals surface area contributed by atoms with Gasteiger partial charge in [-0.1, -0.05) is 52.8 Å². The SMILES string of the molecule is C=C(C)C1CC[C@]2(C(=O)NC(C)(C)c3ccccn3)CC[C@]3(C)C(CCC4[C@@]5(C)CC[C@H](OC(=O)CC(C)(C)C(=O)O)C(C)(C)C5CC[C@]43C)C12. The molecule has 7 heteroatoms. The van der Waals surface area contributed by atoms with E-state index < -0.39 is 28.3 Å². The summed E-state index contributed by atoms with van der Waals surface area (Å²) in [4.78, 5) is 44.2. The molecule has 0 aromatic carbocycles. The van der Waals surface area contributed by atoms with Gasteiger partial charge in [0.25, 0.3) is 0 Å². The number of ether oxygens (including phenoxy) is 1. The van der Waals surface area contributed by atoms with Crippen LogP contribution >= 0.6 is 0 Å². The van der Waals surface area contributed by atoms with Crippen LogP contribution < -0.4 is 5.32 Å². The molecule has 5 unspecified atom stereocenters. The first-order valence-corrected chi connectivity index (χ1v) is 19.9. The molecule has 5 aliphatic rings. The van der Waals surface area contributed by atoms with Gasteiger partial charge in [-0.15, -0.1) is 0 Å². The summed E-state index contributed by atoms with van der Waals surface area (Å²) >= 11 is 0. The zero-order valence-corrected chi connectivity index (χ0v) is 33.3. The normalized spacial score (nSPS) is 40.1. The number of carbonyl (C=O) groups is 3. The van der Waals surface area contributed by atoms with Gasteiger partial charge in [0.2, 0.25) is 5.91 Å². The van der Waals surface area contributed by atoms with Crippen LogP contribution in [0.4, 0.5) is 0 Å². The molecular weight excluding hydrogens is 636 g/mol. The number of amides is 1. The Hall–Kier alpha value is -2.70. The Morgan fingerprint density at radius 3 is 2.24 bits per heavy atom. The number of rotatable bonds is 8. The fourth-order valence-electron chi connectivity index (χ4n) is 13.6. The molecule has 5 saturated carbocycles. The maximum atomic E-state index is 14.8. The van der Waals surface area contributed by atoms with Gasteiger partial charge in [-0.05, 0) is 157 Å². The maximum absolute atomic E-state index is 14.8. The highest BCUT2D eigenvalue weighted by molar-refractivity contribution is 5.84. The summed E-state index contributed by atoms with van der Waals surface area (Å²) in [5.41, 5.74) is 0.116. The van der Waals surface area contributed by atoms with Gasteiger partial charge in [0, 0.05) is 11.6 Å². The summed E-state index contributed by atoms with van der Waals surface area (Å²) in [6.07, 6.45) is 11.7. The van der Waals surface area contributed by atoms with Crippen LogP contribution in [0.1, 0.15) is 146 Å². The van der Waals surface area contributed by atoms with Crippen LogP contribution in [-0.4, -0.2) is 34.0 Å². The van der Waals surface area contributed by atoms with E-state index in [9.17, 15) is 19.5 Å². The van der Waals surface area contributed by atoms with Crippen LogP contribution in [0.2, 0.25) is 0 Å². The predicted molar refractivity (Wildman–Crippen MR) is 200 cm³/mol. The number of carbonyl (C=O) groups excluding carboxylic acids is 2. The lowest BCUT2D eigenvalue weighted by Gasteiger charge is -2.73. The first kappa shape index (κ1) is 38.0. The van der Waals surface area contributed by atoms with Crippen molar-refractivity contribution in [3.63, 3.8) is 0 Å². The maximum Gasteiger partial charge on any atom is 0.309 e. The van der Waals surface area contributed by atoms with Crippen molar-refractivity contribution in [1.29, 1.82) is 0 Å². The molecular formula is C44H66N2O5. The van der Waals surface area contributed by atoms with Crippen LogP contribution in [0.3, 0.4) is 0 Å². The van der Waals surface area contributed by atoms with E-state index in [0.717, 1.165) is 69.9 Å². The van der Waals surface area contributed by atoms with Crippen LogP contribution in [0.25, 0.3) is 0 Å². The molecule has 1 aromatic heterocycles. The summed E-state index contributed by atoms with van der Waals surface area (Å²) in [5.74, 6) is 0.840. The minimum Gasteiger partial charge on any atom is -0.481 e. The van der Waals surface area contributed by atoms with E-state index in [1.54, 1.807) is 20.0 Å². The van der Waals surface area contributed by atoms with E-state index in [0.29, 0.717) is 23.7 Å². The minimum atomic E-state index is -1.15. The molecule has 1 amide bonds. The Labute approximate surface area is 307 Å². The second-order valence-corrected chi connectivity index (χ2v) is 20.3. The molecule has 51 heavy (non-hydrogen) atoms. The first-order chi connectivity index (χ1) is 23.6. The van der Waals surface area contributed by atoms with Gasteiger partial charge in [0.1, 0.15) is 6.10 Å². The van der Waals surface area contributed by atoms with E-state index in [-0.39, 0.29) is 46.0 Å². The average molecular weight is 703 g/mol. The molecule has 5 fully saturated rings. The van der Waals surface area contributed by atoms with Gasteiger partial charge in [-0.25, -0.2) is 0 Å². The lowest BCUT2D eigenvalue weighted by Crippen LogP contribution is -2.67. The summed E-state index contributed by atoms with van der Waals surface area (Å²) in [6.45, 7) is 26.4. The zero-order valence-electron chi connectivity index (χ0n) is 33.3. The molecule has 0 bridgehead atoms. The Morgan fingerprint density at radius 2 is 1.61 bits per heavy atom. The number of aromatic nitrogens is 1. The summed E-state index contributed by atoms with van der Waals surface area (Å²) in [5, 5.41) is 13.1. The topological polar surface area (TPSA) is 106 Å². The molecule has 2 N–H and O–H groups in total. The Balaban J connectivity index is 1.27. The van der Waals surface area contributed by atoms with Crippen LogP contribution in [0, 0.1) is 62.1 Å². The summed E-state index contributed by atoms with van der Waals surface area (Å²) in [6, 6.07) is 5.93. The highest BCUT2D eigenvalue weighted by Gasteiger charge is 2.72. The van der Waals surface area contributed by atoms with E-state index >= 15 is 0 Å². The summed E-state index contributed by atoms with van der Waals surface area (Å²) in [7, 11) is 0. The molecule has 1 aromatic rings. The lowest BCUT2D eigenvalue weighted by molar-refractivity contribution is -0.249. The van der Waals surface area contributed by atoms with Crippen molar-refractivity contribution in [3.8, 4) is 0 Å². The molecule has 1 heterocycles. The minimum absolute atomic E-state index is 0.1000. The number of pyridine rings is 1. The van der Waals surface area contributed by atoms with Crippen molar-refractivity contribution in [2.75, 3.05) is 0 Å². The average Bonchev–Trinajstić information content (AvgIpc) is 3.44. The molecule has 0 saturated heterocycles. The molecule has 10 atom stereocenters. The van der Waals surface area contributed by atoms with Crippen LogP contribution in [0.5, 0.6) is 0 Å². The quantitative estimate of drug-likeness (QED) is 0.207. The second kappa shape index (κ2) is 12.4. The van der Waals surface area contributed by atoms with E-state index in [1.807, 2.05) is 18.2 Å². The van der Waals surface area contributed by atoms with E-state index in [2.05, 4.69) is 72.3 Å². The Morgan fingerprint density at radius 1 is 0.902 bits per heavy atom. The number of fused-ring (bicyclic) bond motifs is 7. The Kier molecular flexibility index (Phi) is 9.27. The van der Waals surface area contributed by atoms with Crippen LogP contribution in [0.15, 0.2) is 36.5 Å². The number of aliphatic carboxylic acids is 1. The molecule has 5 aliphatic carbocycles. The van der Waals surface area contributed by atoms with Crippen molar-refractivity contribution in [2.45, 2.75) is 152 Å². The van der Waals surface area contributed by atoms with Crippen molar-refractivity contribution in [2.24, 2.45) is 62.1 Å². The third-order valence-electron chi connectivity index (χ3n) is 16.6. The fourth-order valence-corrected chi connectivity index (χ4v) is 13.6. The van der Waals surface area contributed by atoms with E-state index in [1.165, 1.54) is 5.57 Å². The predicted octanol–water partition coefficient (Wildman–Crippen LogP) is 9.50. The number of nitrogens with one attached hydrogen (secondary N) is 1. The Bertz CT molecular complexity index is 1570. The van der Waals surface area contributed by atoms with Gasteiger partial charge < -0.3 is 15.2 Å². The van der Waals surface area contributed by atoms with E-state index in [4.69, 9.17) is 4.74 Å². The number of carboxylic acids is 1. The molecule has 282 valence electrons. The third-order valence-corrected chi connectivity index (χ3v) is 16.6. The third kappa shape index (κ3) is 5.72. The van der Waals surface area contributed by atoms with Gasteiger partial charge in [-0.2, -0.15) is 0 Å². The molecule has 7 nitrogen and oxygen atoms in total. The molecule has 0 spiro atoms. The monoisotopic (exact) mass is 702 g/mol. The number of hydrogen-bond acceptors (Lipinski definition) is 5. The van der Waals surface area contributed by atoms with Crippen LogP contribution in [-0.2, 0) is 24.7 Å². The highest BCUT2D eigenvalue weighted by Crippen LogP contribution is 2.77. The molecule has 0 aliphatic heterocycles. The second-order valence-electron chi connectivity index (χ2n) is 20.3. The number of allylic oxidation sites excluding steroid dienone is 1. The number of hydrogen-bond donors (Lipinski definition) is 2. The lowest BCUT2D eigenvalue weighted by atomic mass is 9.32. The number of esters is 1. The van der Waals surface area contributed by atoms with Crippen molar-refractivity contribution in [3.05, 3.63) is 42.2 Å². The highest BCUT2D eigenvalue weighted by atomic mass is 16.5. The van der Waals surface area contributed by atoms with Gasteiger partial charge >= 0.3 is 11.9 Å². The van der Waals surface area contributed by atoms with Crippen molar-refractivity contribution in [1.82, 2.24) is 10.3 Å². The largest absolute Gasteiger partial charge is 0.481 e. The van der Waals surface area contributed by atoms with Gasteiger partial charge in [-0.3, -0.25) is 19.4 Å². The first-order valence-electron chi connectivity index (χ1n) is 19.9. The smallest absolute Gasteiger partial charge is 0.309 e. The van der Waals surface area contributed by atoms with Crippen molar-refractivity contribution >= 4 is 17.8 Å². The fraction of sp³-hybridized carbons (Fsp3) is 0.773.